The maximum atomic E-state index is 15.2. The van der Waals surface area contributed by atoms with E-state index in [0.717, 1.165) is 41.1 Å². The molecule has 1 aromatic carbocycles. The Bertz CT molecular complexity index is 1400. The van der Waals surface area contributed by atoms with E-state index >= 15 is 13.2 Å². The van der Waals surface area contributed by atoms with Gasteiger partial charge in [0.25, 0.3) is 5.92 Å². The van der Waals surface area contributed by atoms with Crippen LogP contribution in [-0.4, -0.2) is 47.7 Å². The summed E-state index contributed by atoms with van der Waals surface area (Å²) in [6, 6.07) is 4.92. The lowest BCUT2D eigenvalue weighted by Gasteiger charge is -2.46. The summed E-state index contributed by atoms with van der Waals surface area (Å²) in [6.45, 7) is 10.7. The molecule has 6 nitrogen and oxygen atoms in total. The van der Waals surface area contributed by atoms with Gasteiger partial charge in [0, 0.05) is 54.6 Å². The first kappa shape index (κ1) is 27.2. The largest absolute Gasteiger partial charge is 0.375 e. The average Bonchev–Trinajstić information content (AvgIpc) is 3.73. The van der Waals surface area contributed by atoms with Gasteiger partial charge in [0.1, 0.15) is 10.7 Å². The first-order valence-corrected chi connectivity index (χ1v) is 14.3. The number of allylic oxidation sites excluding steroid dienone is 1. The molecule has 3 aliphatic heterocycles. The highest BCUT2D eigenvalue weighted by Crippen LogP contribution is 2.49. The van der Waals surface area contributed by atoms with Crippen LogP contribution >= 0.6 is 11.6 Å². The topological polar surface area (TPSA) is 56.3 Å². The second-order valence-corrected chi connectivity index (χ2v) is 13.0. The minimum absolute atomic E-state index is 0.0206. The van der Waals surface area contributed by atoms with Crippen molar-refractivity contribution < 1.29 is 13.2 Å². The van der Waals surface area contributed by atoms with Gasteiger partial charge in [-0.2, -0.15) is 4.98 Å². The fourth-order valence-electron chi connectivity index (χ4n) is 6.11. The maximum absolute atomic E-state index is 15.2. The molecule has 0 amide bonds. The zero-order chi connectivity index (χ0) is 28.6. The van der Waals surface area contributed by atoms with Gasteiger partial charge < -0.3 is 20.4 Å². The van der Waals surface area contributed by atoms with Crippen LogP contribution in [-0.2, 0) is 0 Å². The molecule has 4 aliphatic rings. The Kier molecular flexibility index (Phi) is 6.33. The van der Waals surface area contributed by atoms with Gasteiger partial charge in [0.2, 0.25) is 5.95 Å². The molecule has 4 heterocycles. The second-order valence-electron chi connectivity index (χ2n) is 12.6. The van der Waals surface area contributed by atoms with Gasteiger partial charge in [-0.05, 0) is 62.3 Å². The Morgan fingerprint density at radius 3 is 2.60 bits per heavy atom. The van der Waals surface area contributed by atoms with E-state index in [4.69, 9.17) is 16.6 Å². The molecule has 6 rings (SSSR count). The van der Waals surface area contributed by atoms with Crippen molar-refractivity contribution in [2.45, 2.75) is 70.5 Å². The number of rotatable bonds is 4. The molecule has 2 unspecified atom stereocenters. The number of nitrogens with one attached hydrogen (secondary N) is 2. The number of anilines is 4. The minimum atomic E-state index is -2.79. The van der Waals surface area contributed by atoms with Crippen molar-refractivity contribution in [3.05, 3.63) is 52.8 Å². The van der Waals surface area contributed by atoms with Crippen LogP contribution in [0.5, 0.6) is 0 Å². The van der Waals surface area contributed by atoms with Crippen molar-refractivity contribution in [1.29, 1.82) is 0 Å². The number of aromatic nitrogens is 2. The predicted molar refractivity (Wildman–Crippen MR) is 155 cm³/mol. The molecule has 2 N–H and O–H groups in total. The van der Waals surface area contributed by atoms with Crippen LogP contribution in [0.15, 0.2) is 42.2 Å². The molecule has 214 valence electrons. The number of alkyl halides is 3. The first-order chi connectivity index (χ1) is 18.8. The van der Waals surface area contributed by atoms with Crippen LogP contribution in [0.2, 0.25) is 5.02 Å². The Balaban J connectivity index is 1.32. The van der Waals surface area contributed by atoms with Crippen LogP contribution in [0.1, 0.15) is 58.4 Å². The number of nitrogens with zero attached hydrogens (tertiary/aromatic N) is 4. The number of benzene rings is 1. The molecule has 10 heteroatoms. The summed E-state index contributed by atoms with van der Waals surface area (Å²) in [5.41, 5.74) is 2.89. The summed E-state index contributed by atoms with van der Waals surface area (Å²) >= 11 is 6.51. The smallest absolute Gasteiger partial charge is 0.268 e. The van der Waals surface area contributed by atoms with Gasteiger partial charge in [-0.25, -0.2) is 18.2 Å². The molecule has 1 saturated carbocycles. The summed E-state index contributed by atoms with van der Waals surface area (Å²) in [4.78, 5) is 13.1. The van der Waals surface area contributed by atoms with Crippen molar-refractivity contribution in [3.63, 3.8) is 0 Å². The Hall–Kier alpha value is -2.94. The Morgan fingerprint density at radius 2 is 1.90 bits per heavy atom. The van der Waals surface area contributed by atoms with E-state index in [9.17, 15) is 0 Å². The standard InChI is InChI=1S/C30H36ClF3N6/c1-17-20-10-11-30(33,34)25(18-6-7-18)37-24(20)21-14-19(8-9-23(21)39(17)5)36-26-22(31)15-35-27(38-26)40-13-12-29(4,32)28(2,3)16-40/h8-9,14-15,18,25,37H,1,6-7,10-13,16H2,2-5H3,(H,35,36,38). The van der Waals surface area contributed by atoms with Crippen molar-refractivity contribution in [1.82, 2.24) is 15.3 Å². The predicted octanol–water partition coefficient (Wildman–Crippen LogP) is 7.31. The van der Waals surface area contributed by atoms with Gasteiger partial charge in [0.15, 0.2) is 5.82 Å². The maximum Gasteiger partial charge on any atom is 0.268 e. The van der Waals surface area contributed by atoms with E-state index in [0.29, 0.717) is 42.0 Å². The van der Waals surface area contributed by atoms with Crippen LogP contribution in [0, 0.1) is 11.3 Å². The van der Waals surface area contributed by atoms with Crippen molar-refractivity contribution in [2.75, 3.05) is 35.3 Å². The van der Waals surface area contributed by atoms with Gasteiger partial charge in [-0.3, -0.25) is 0 Å². The minimum Gasteiger partial charge on any atom is -0.375 e. The molecule has 1 saturated heterocycles. The highest BCUT2D eigenvalue weighted by atomic mass is 35.5. The molecule has 1 aliphatic carbocycles. The SMILES string of the molecule is C=C1C2=C(NC(C3CC3)C(F)(F)CC2)c2cc(Nc3nc(N4CCC(C)(F)C(C)(C)C4)ncc3Cl)ccc2N1C. The summed E-state index contributed by atoms with van der Waals surface area (Å²) in [7, 11) is 1.91. The summed E-state index contributed by atoms with van der Waals surface area (Å²) < 4.78 is 45.4. The van der Waals surface area contributed by atoms with Gasteiger partial charge in [0.05, 0.1) is 17.9 Å². The third-order valence-corrected chi connectivity index (χ3v) is 9.64. The molecule has 0 spiro atoms. The molecule has 2 fully saturated rings. The molecule has 0 bridgehead atoms. The van der Waals surface area contributed by atoms with Crippen LogP contribution in [0.4, 0.5) is 36.3 Å². The zero-order valence-electron chi connectivity index (χ0n) is 23.4. The Morgan fingerprint density at radius 1 is 1.15 bits per heavy atom. The van der Waals surface area contributed by atoms with E-state index in [1.54, 1.807) is 13.1 Å². The average molecular weight is 573 g/mol. The third kappa shape index (κ3) is 4.60. The van der Waals surface area contributed by atoms with E-state index in [2.05, 4.69) is 22.2 Å². The number of hydrogen-bond donors (Lipinski definition) is 2. The number of hydrogen-bond acceptors (Lipinski definition) is 6. The molecular weight excluding hydrogens is 537 g/mol. The number of piperidine rings is 1. The van der Waals surface area contributed by atoms with E-state index in [1.807, 2.05) is 48.9 Å². The van der Waals surface area contributed by atoms with Gasteiger partial charge in [-0.1, -0.05) is 32.0 Å². The molecular formula is C30H36ClF3N6. The normalized spacial score (nSPS) is 27.5. The third-order valence-electron chi connectivity index (χ3n) is 9.36. The number of fused-ring (bicyclic) bond motifs is 2. The van der Waals surface area contributed by atoms with E-state index in [1.165, 1.54) is 0 Å². The van der Waals surface area contributed by atoms with Crippen molar-refractivity contribution in [2.24, 2.45) is 11.3 Å². The summed E-state index contributed by atoms with van der Waals surface area (Å²) in [6.07, 6.45) is 3.62. The molecule has 1 aromatic heterocycles. The molecule has 40 heavy (non-hydrogen) atoms. The monoisotopic (exact) mass is 572 g/mol. The van der Waals surface area contributed by atoms with Crippen molar-refractivity contribution in [3.8, 4) is 0 Å². The molecule has 0 radical (unpaired) electrons. The highest BCUT2D eigenvalue weighted by molar-refractivity contribution is 6.32. The first-order valence-electron chi connectivity index (χ1n) is 14.0. The van der Waals surface area contributed by atoms with Gasteiger partial charge in [-0.15, -0.1) is 0 Å². The van der Waals surface area contributed by atoms with Crippen LogP contribution in [0.25, 0.3) is 5.70 Å². The summed E-state index contributed by atoms with van der Waals surface area (Å²) in [5.74, 6) is -1.90. The highest BCUT2D eigenvalue weighted by Gasteiger charge is 2.51. The van der Waals surface area contributed by atoms with E-state index < -0.39 is 23.0 Å². The fourth-order valence-corrected chi connectivity index (χ4v) is 6.24. The Labute approximate surface area is 238 Å². The summed E-state index contributed by atoms with van der Waals surface area (Å²) in [5, 5.41) is 6.93. The lowest BCUT2D eigenvalue weighted by Crippen LogP contribution is -2.53. The quantitative estimate of drug-likeness (QED) is 0.401. The molecule has 2 atom stereocenters. The van der Waals surface area contributed by atoms with Crippen LogP contribution in [0.3, 0.4) is 0 Å². The lowest BCUT2D eigenvalue weighted by atomic mass is 9.72. The van der Waals surface area contributed by atoms with Crippen molar-refractivity contribution >= 4 is 40.4 Å². The van der Waals surface area contributed by atoms with Crippen LogP contribution < -0.4 is 20.4 Å². The zero-order valence-corrected chi connectivity index (χ0v) is 24.2. The number of halogens is 4. The number of likely N-dealkylation sites (N-methyl/N-ethyl adjacent to an activating group) is 1. The lowest BCUT2D eigenvalue weighted by molar-refractivity contribution is -0.0441. The molecule has 2 aromatic rings. The van der Waals surface area contributed by atoms with Gasteiger partial charge >= 0.3 is 0 Å². The second kappa shape index (κ2) is 9.29. The van der Waals surface area contributed by atoms with E-state index in [-0.39, 0.29) is 18.8 Å². The fraction of sp³-hybridized carbons (Fsp3) is 0.533.